The van der Waals surface area contributed by atoms with Gasteiger partial charge in [-0.1, -0.05) is 35.5 Å². The zero-order valence-corrected chi connectivity index (χ0v) is 18.3. The Morgan fingerprint density at radius 1 is 1.12 bits per heavy atom. The molecule has 174 valence electrons. The molecule has 2 N–H and O–H groups in total. The van der Waals surface area contributed by atoms with Crippen LogP contribution in [0.2, 0.25) is 0 Å². The molecule has 10 heteroatoms. The Labute approximate surface area is 195 Å². The first kappa shape index (κ1) is 21.7. The summed E-state index contributed by atoms with van der Waals surface area (Å²) in [5, 5.41) is 9.96. The molecule has 1 fully saturated rings. The second-order valence-corrected chi connectivity index (χ2v) is 8.41. The normalized spacial score (nSPS) is 20.3. The van der Waals surface area contributed by atoms with E-state index in [2.05, 4.69) is 15.2 Å². The number of para-hydroxylation sites is 1. The van der Waals surface area contributed by atoms with Crippen LogP contribution >= 0.6 is 0 Å². The Morgan fingerprint density at radius 3 is 2.71 bits per heavy atom. The number of carbonyl (C=O) groups is 2. The van der Waals surface area contributed by atoms with E-state index in [-0.39, 0.29) is 24.1 Å². The lowest BCUT2D eigenvalue weighted by Gasteiger charge is -2.30. The lowest BCUT2D eigenvalue weighted by Crippen LogP contribution is -2.43. The lowest BCUT2D eigenvalue weighted by molar-refractivity contribution is -0.125. The molecule has 2 amide bonds. The Morgan fingerprint density at radius 2 is 1.94 bits per heavy atom. The summed E-state index contributed by atoms with van der Waals surface area (Å²) in [5.74, 6) is -0.588. The number of aromatic nitrogens is 2. The number of amides is 2. The molecule has 0 aliphatic carbocycles. The third kappa shape index (κ3) is 4.26. The maximum Gasteiger partial charge on any atom is 0.270 e. The topological polar surface area (TPSA) is 118 Å². The fourth-order valence-corrected chi connectivity index (χ4v) is 4.37. The molecule has 2 aromatic carbocycles. The van der Waals surface area contributed by atoms with Gasteiger partial charge < -0.3 is 15.2 Å². The molecule has 2 aliphatic heterocycles. The molecule has 0 saturated carbocycles. The van der Waals surface area contributed by atoms with Crippen molar-refractivity contribution < 1.29 is 18.5 Å². The van der Waals surface area contributed by atoms with Crippen LogP contribution in [0.15, 0.2) is 64.2 Å². The van der Waals surface area contributed by atoms with Gasteiger partial charge in [0.15, 0.2) is 0 Å². The van der Waals surface area contributed by atoms with Crippen LogP contribution in [0.4, 0.5) is 10.1 Å². The number of rotatable bonds is 5. The SMILES string of the molecule is NC(=O)[C@H]1CC(C(=O)N2CCC[C@H](c3nc(-c4cccc(F)c4)no3)C2)=NN1c1ccccc1. The molecule has 3 aromatic rings. The molecule has 0 unspecified atom stereocenters. The fraction of sp³-hybridized carbons (Fsp3) is 0.292. The van der Waals surface area contributed by atoms with Crippen molar-refractivity contribution in [2.45, 2.75) is 31.2 Å². The standard InChI is InChI=1S/C24H23FN6O3/c25-17-8-4-6-15(12-17)22-27-23(34-29-22)16-7-5-11-30(14-16)24(33)19-13-20(21(26)32)31(28-19)18-9-2-1-3-10-18/h1-4,6,8-10,12,16,20H,5,7,11,13-14H2,(H2,26,32)/t16-,20+/m0/s1. The number of carbonyl (C=O) groups excluding carboxylic acids is 2. The largest absolute Gasteiger partial charge is 0.368 e. The second kappa shape index (κ2) is 9.05. The Kier molecular flexibility index (Phi) is 5.79. The van der Waals surface area contributed by atoms with Crippen molar-refractivity contribution in [3.63, 3.8) is 0 Å². The minimum absolute atomic E-state index is 0.147. The molecule has 0 bridgehead atoms. The minimum Gasteiger partial charge on any atom is -0.368 e. The second-order valence-electron chi connectivity index (χ2n) is 8.41. The molecule has 1 aromatic heterocycles. The number of anilines is 1. The third-order valence-corrected chi connectivity index (χ3v) is 6.09. The number of benzene rings is 2. The van der Waals surface area contributed by atoms with E-state index in [1.165, 1.54) is 17.1 Å². The van der Waals surface area contributed by atoms with Crippen LogP contribution < -0.4 is 10.7 Å². The Bertz CT molecular complexity index is 1240. The van der Waals surface area contributed by atoms with E-state index in [0.717, 1.165) is 12.8 Å². The molecule has 3 heterocycles. The summed E-state index contributed by atoms with van der Waals surface area (Å²) in [6.07, 6.45) is 1.68. The van der Waals surface area contributed by atoms with E-state index >= 15 is 0 Å². The van der Waals surface area contributed by atoms with Gasteiger partial charge in [-0.05, 0) is 37.1 Å². The number of piperidine rings is 1. The summed E-state index contributed by atoms with van der Waals surface area (Å²) in [5.41, 5.74) is 7.11. The fourth-order valence-electron chi connectivity index (χ4n) is 4.37. The number of hydrogen-bond acceptors (Lipinski definition) is 7. The van der Waals surface area contributed by atoms with E-state index in [0.29, 0.717) is 41.8 Å². The van der Waals surface area contributed by atoms with Gasteiger partial charge in [0.2, 0.25) is 17.6 Å². The molecule has 1 saturated heterocycles. The first-order valence-electron chi connectivity index (χ1n) is 11.1. The predicted molar refractivity (Wildman–Crippen MR) is 122 cm³/mol. The van der Waals surface area contributed by atoms with Crippen LogP contribution in [-0.4, -0.2) is 51.7 Å². The Hall–Kier alpha value is -4.08. The van der Waals surface area contributed by atoms with Crippen LogP contribution in [-0.2, 0) is 9.59 Å². The maximum atomic E-state index is 13.5. The highest BCUT2D eigenvalue weighted by Gasteiger charge is 2.38. The predicted octanol–water partition coefficient (Wildman–Crippen LogP) is 2.70. The molecule has 2 atom stereocenters. The van der Waals surface area contributed by atoms with Gasteiger partial charge in [0.05, 0.1) is 11.6 Å². The van der Waals surface area contributed by atoms with E-state index < -0.39 is 11.9 Å². The van der Waals surface area contributed by atoms with Crippen molar-refractivity contribution >= 4 is 23.2 Å². The van der Waals surface area contributed by atoms with Gasteiger partial charge in [-0.25, -0.2) is 4.39 Å². The smallest absolute Gasteiger partial charge is 0.270 e. The highest BCUT2D eigenvalue weighted by atomic mass is 19.1. The highest BCUT2D eigenvalue weighted by Crippen LogP contribution is 2.30. The summed E-state index contributed by atoms with van der Waals surface area (Å²) < 4.78 is 19.0. The zero-order valence-electron chi connectivity index (χ0n) is 18.3. The summed E-state index contributed by atoms with van der Waals surface area (Å²) in [4.78, 5) is 31.5. The number of halogens is 1. The van der Waals surface area contributed by atoms with E-state index in [4.69, 9.17) is 10.3 Å². The van der Waals surface area contributed by atoms with E-state index in [9.17, 15) is 14.0 Å². The maximum absolute atomic E-state index is 13.5. The van der Waals surface area contributed by atoms with Crippen molar-refractivity contribution in [1.82, 2.24) is 15.0 Å². The van der Waals surface area contributed by atoms with Crippen molar-refractivity contribution in [3.05, 3.63) is 66.3 Å². The summed E-state index contributed by atoms with van der Waals surface area (Å²) in [7, 11) is 0. The molecule has 0 radical (unpaired) electrons. The van der Waals surface area contributed by atoms with Crippen LogP contribution in [0.1, 0.15) is 31.1 Å². The van der Waals surface area contributed by atoms with Crippen molar-refractivity contribution in [2.24, 2.45) is 10.8 Å². The van der Waals surface area contributed by atoms with E-state index in [1.54, 1.807) is 17.0 Å². The van der Waals surface area contributed by atoms with Gasteiger partial charge in [0, 0.05) is 25.1 Å². The zero-order chi connectivity index (χ0) is 23.7. The molecule has 0 spiro atoms. The molecule has 2 aliphatic rings. The van der Waals surface area contributed by atoms with Gasteiger partial charge >= 0.3 is 0 Å². The van der Waals surface area contributed by atoms with Crippen molar-refractivity contribution in [1.29, 1.82) is 0 Å². The van der Waals surface area contributed by atoms with Crippen molar-refractivity contribution in [2.75, 3.05) is 18.1 Å². The van der Waals surface area contributed by atoms with Crippen LogP contribution in [0.25, 0.3) is 11.4 Å². The average Bonchev–Trinajstić information content (AvgIpc) is 3.53. The highest BCUT2D eigenvalue weighted by molar-refractivity contribution is 6.40. The number of hydrogen-bond donors (Lipinski definition) is 1. The van der Waals surface area contributed by atoms with Crippen LogP contribution in [0.3, 0.4) is 0 Å². The molecular weight excluding hydrogens is 439 g/mol. The number of primary amides is 1. The summed E-state index contributed by atoms with van der Waals surface area (Å²) in [6, 6.07) is 14.4. The van der Waals surface area contributed by atoms with Crippen LogP contribution in [0, 0.1) is 5.82 Å². The van der Waals surface area contributed by atoms with Gasteiger partial charge in [-0.3, -0.25) is 14.6 Å². The van der Waals surface area contributed by atoms with Crippen molar-refractivity contribution in [3.8, 4) is 11.4 Å². The summed E-state index contributed by atoms with van der Waals surface area (Å²) >= 11 is 0. The average molecular weight is 462 g/mol. The summed E-state index contributed by atoms with van der Waals surface area (Å²) in [6.45, 7) is 0.945. The molecule has 5 rings (SSSR count). The van der Waals surface area contributed by atoms with Crippen LogP contribution in [0.5, 0.6) is 0 Å². The minimum atomic E-state index is -0.716. The molecular formula is C24H23FN6O3. The van der Waals surface area contributed by atoms with Gasteiger partial charge in [-0.2, -0.15) is 10.1 Å². The number of likely N-dealkylation sites (tertiary alicyclic amines) is 1. The van der Waals surface area contributed by atoms with Gasteiger partial charge in [0.25, 0.3) is 5.91 Å². The number of nitrogens with two attached hydrogens (primary N) is 1. The molecule has 9 nitrogen and oxygen atoms in total. The number of nitrogens with zero attached hydrogens (tertiary/aromatic N) is 5. The lowest BCUT2D eigenvalue weighted by atomic mass is 9.97. The first-order chi connectivity index (χ1) is 16.5. The van der Waals surface area contributed by atoms with Gasteiger partial charge in [0.1, 0.15) is 17.6 Å². The third-order valence-electron chi connectivity index (χ3n) is 6.09. The quantitative estimate of drug-likeness (QED) is 0.623. The Balaban J connectivity index is 1.32. The van der Waals surface area contributed by atoms with Gasteiger partial charge in [-0.15, -0.1) is 0 Å². The first-order valence-corrected chi connectivity index (χ1v) is 11.1. The number of hydrazone groups is 1. The molecule has 34 heavy (non-hydrogen) atoms. The van der Waals surface area contributed by atoms with E-state index in [1.807, 2.05) is 30.3 Å². The monoisotopic (exact) mass is 462 g/mol.